The van der Waals surface area contributed by atoms with Gasteiger partial charge in [0.1, 0.15) is 5.01 Å². The minimum Gasteiger partial charge on any atom is -0.348 e. The van der Waals surface area contributed by atoms with Crippen LogP contribution in [-0.2, 0) is 6.42 Å². The zero-order chi connectivity index (χ0) is 12.5. The van der Waals surface area contributed by atoms with Crippen molar-refractivity contribution in [2.75, 3.05) is 0 Å². The molecule has 0 aliphatic rings. The monoisotopic (exact) mass is 258 g/mol. The Hall–Kier alpha value is -1.72. The minimum atomic E-state index is -0.0804. The van der Waals surface area contributed by atoms with Crippen molar-refractivity contribution >= 4 is 21.6 Å². The van der Waals surface area contributed by atoms with Gasteiger partial charge in [-0.1, -0.05) is 6.07 Å². The van der Waals surface area contributed by atoms with Crippen molar-refractivity contribution in [3.8, 4) is 0 Å². The lowest BCUT2D eigenvalue weighted by molar-refractivity contribution is 0.705. The molecule has 5 heteroatoms. The van der Waals surface area contributed by atoms with Crippen molar-refractivity contribution in [3.05, 3.63) is 47.0 Å². The molecule has 0 aliphatic heterocycles. The predicted octanol–water partition coefficient (Wildman–Crippen LogP) is 2.57. The van der Waals surface area contributed by atoms with Crippen LogP contribution in [0.1, 0.15) is 22.3 Å². The molecule has 3 N–H and O–H groups in total. The molecule has 92 valence electrons. The molecule has 2 heterocycles. The van der Waals surface area contributed by atoms with E-state index in [-0.39, 0.29) is 6.04 Å². The van der Waals surface area contributed by atoms with E-state index in [2.05, 4.69) is 40.1 Å². The number of H-pyrrole nitrogens is 1. The summed E-state index contributed by atoms with van der Waals surface area (Å²) in [6, 6.07) is 6.22. The molecule has 4 nitrogen and oxygen atoms in total. The fourth-order valence-electron chi connectivity index (χ4n) is 1.93. The number of benzene rings is 1. The number of rotatable bonds is 3. The quantitative estimate of drug-likeness (QED) is 0.758. The molecule has 0 saturated carbocycles. The summed E-state index contributed by atoms with van der Waals surface area (Å²) in [5, 5.41) is 0.977. The standard InChI is InChI=1S/C13H14N4S/c1-8-2-3-12-11(4-8)17-13(18-12)10(14)5-9-6-15-7-16-9/h2-4,6-7,10H,5,14H2,1H3,(H,15,16). The van der Waals surface area contributed by atoms with E-state index in [1.54, 1.807) is 23.9 Å². The number of hydrogen-bond acceptors (Lipinski definition) is 4. The fourth-order valence-corrected chi connectivity index (χ4v) is 2.88. The Bertz CT molecular complexity index is 657. The van der Waals surface area contributed by atoms with Crippen LogP contribution in [0.25, 0.3) is 10.2 Å². The molecule has 0 fully saturated rings. The second kappa shape index (κ2) is 4.51. The number of imidazole rings is 1. The fraction of sp³-hybridized carbons (Fsp3) is 0.231. The Labute approximate surface area is 109 Å². The number of nitrogens with zero attached hydrogens (tertiary/aromatic N) is 2. The Balaban J connectivity index is 1.89. The molecule has 0 radical (unpaired) electrons. The highest BCUT2D eigenvalue weighted by Crippen LogP contribution is 2.27. The average Bonchev–Trinajstić information content (AvgIpc) is 2.96. The van der Waals surface area contributed by atoms with E-state index in [1.165, 1.54) is 10.3 Å². The van der Waals surface area contributed by atoms with E-state index < -0.39 is 0 Å². The van der Waals surface area contributed by atoms with E-state index in [9.17, 15) is 0 Å². The molecule has 1 aromatic carbocycles. The summed E-state index contributed by atoms with van der Waals surface area (Å²) in [4.78, 5) is 11.7. The van der Waals surface area contributed by atoms with Crippen LogP contribution in [0.15, 0.2) is 30.7 Å². The van der Waals surface area contributed by atoms with E-state index >= 15 is 0 Å². The van der Waals surface area contributed by atoms with Gasteiger partial charge in [0, 0.05) is 18.3 Å². The predicted molar refractivity (Wildman–Crippen MR) is 73.6 cm³/mol. The van der Waals surface area contributed by atoms with Gasteiger partial charge in [-0.05, 0) is 24.6 Å². The molecule has 3 rings (SSSR count). The van der Waals surface area contributed by atoms with Gasteiger partial charge in [0.25, 0.3) is 0 Å². The number of fused-ring (bicyclic) bond motifs is 1. The van der Waals surface area contributed by atoms with Crippen LogP contribution in [0.2, 0.25) is 0 Å². The second-order valence-corrected chi connectivity index (χ2v) is 5.47. The van der Waals surface area contributed by atoms with Crippen LogP contribution in [0.4, 0.5) is 0 Å². The van der Waals surface area contributed by atoms with Crippen LogP contribution in [0, 0.1) is 6.92 Å². The SMILES string of the molecule is Cc1ccc2sc(C(N)Cc3cnc[nH]3)nc2c1. The van der Waals surface area contributed by atoms with Crippen LogP contribution in [0.3, 0.4) is 0 Å². The summed E-state index contributed by atoms with van der Waals surface area (Å²) < 4.78 is 1.19. The summed E-state index contributed by atoms with van der Waals surface area (Å²) in [7, 11) is 0. The summed E-state index contributed by atoms with van der Waals surface area (Å²) >= 11 is 1.67. The van der Waals surface area contributed by atoms with Gasteiger partial charge in [0.05, 0.1) is 22.6 Å². The van der Waals surface area contributed by atoms with Crippen LogP contribution >= 0.6 is 11.3 Å². The van der Waals surface area contributed by atoms with Crippen molar-refractivity contribution in [2.24, 2.45) is 5.73 Å². The third-order valence-corrected chi connectivity index (χ3v) is 4.04. The maximum atomic E-state index is 6.19. The molecule has 0 aliphatic carbocycles. The van der Waals surface area contributed by atoms with Gasteiger partial charge in [-0.15, -0.1) is 11.3 Å². The molecule has 0 spiro atoms. The first kappa shape index (κ1) is 11.4. The number of aromatic nitrogens is 3. The maximum absolute atomic E-state index is 6.19. The molecule has 0 amide bonds. The van der Waals surface area contributed by atoms with E-state index in [4.69, 9.17) is 5.73 Å². The normalized spacial score (nSPS) is 13.0. The smallest absolute Gasteiger partial charge is 0.111 e. The van der Waals surface area contributed by atoms with Crippen LogP contribution in [0.5, 0.6) is 0 Å². The molecule has 0 bridgehead atoms. The first-order valence-corrected chi connectivity index (χ1v) is 6.64. The second-order valence-electron chi connectivity index (χ2n) is 4.41. The number of aryl methyl sites for hydroxylation is 1. The summed E-state index contributed by atoms with van der Waals surface area (Å²) in [6.07, 6.45) is 4.21. The van der Waals surface area contributed by atoms with Crippen molar-refractivity contribution in [1.82, 2.24) is 15.0 Å². The first-order valence-electron chi connectivity index (χ1n) is 5.82. The minimum absolute atomic E-state index is 0.0804. The lowest BCUT2D eigenvalue weighted by Gasteiger charge is -2.05. The van der Waals surface area contributed by atoms with Gasteiger partial charge in [-0.2, -0.15) is 0 Å². The van der Waals surface area contributed by atoms with Gasteiger partial charge < -0.3 is 10.7 Å². The lowest BCUT2D eigenvalue weighted by Crippen LogP contribution is -2.13. The molecule has 1 unspecified atom stereocenters. The maximum Gasteiger partial charge on any atom is 0.111 e. The third-order valence-electron chi connectivity index (χ3n) is 2.87. The highest BCUT2D eigenvalue weighted by atomic mass is 32.1. The van der Waals surface area contributed by atoms with Crippen molar-refractivity contribution < 1.29 is 0 Å². The third kappa shape index (κ3) is 2.14. The van der Waals surface area contributed by atoms with Crippen molar-refractivity contribution in [1.29, 1.82) is 0 Å². The number of nitrogens with two attached hydrogens (primary N) is 1. The Morgan fingerprint density at radius 3 is 3.11 bits per heavy atom. The number of hydrogen-bond donors (Lipinski definition) is 2. The molecule has 1 atom stereocenters. The number of thiazole rings is 1. The average molecular weight is 258 g/mol. The summed E-state index contributed by atoms with van der Waals surface area (Å²) in [6.45, 7) is 2.07. The van der Waals surface area contributed by atoms with E-state index in [0.717, 1.165) is 22.6 Å². The summed E-state index contributed by atoms with van der Waals surface area (Å²) in [5.74, 6) is 0. The van der Waals surface area contributed by atoms with Crippen LogP contribution in [-0.4, -0.2) is 15.0 Å². The van der Waals surface area contributed by atoms with Crippen LogP contribution < -0.4 is 5.73 Å². The number of nitrogens with one attached hydrogen (secondary N) is 1. The molecular formula is C13H14N4S. The van der Waals surface area contributed by atoms with Gasteiger partial charge >= 0.3 is 0 Å². The molecular weight excluding hydrogens is 244 g/mol. The number of aromatic amines is 1. The largest absolute Gasteiger partial charge is 0.348 e. The van der Waals surface area contributed by atoms with Gasteiger partial charge in [0.15, 0.2) is 0 Å². The molecule has 0 saturated heterocycles. The highest BCUT2D eigenvalue weighted by molar-refractivity contribution is 7.18. The highest BCUT2D eigenvalue weighted by Gasteiger charge is 2.13. The summed E-state index contributed by atoms with van der Waals surface area (Å²) in [5.41, 5.74) is 9.49. The Morgan fingerprint density at radius 1 is 1.44 bits per heavy atom. The molecule has 3 aromatic rings. The van der Waals surface area contributed by atoms with Crippen molar-refractivity contribution in [2.45, 2.75) is 19.4 Å². The molecule has 2 aromatic heterocycles. The zero-order valence-corrected chi connectivity index (χ0v) is 10.9. The Kier molecular flexibility index (Phi) is 2.85. The molecule has 18 heavy (non-hydrogen) atoms. The van der Waals surface area contributed by atoms with Gasteiger partial charge in [-0.3, -0.25) is 0 Å². The zero-order valence-electron chi connectivity index (χ0n) is 10.1. The van der Waals surface area contributed by atoms with E-state index in [1.807, 2.05) is 0 Å². The van der Waals surface area contributed by atoms with E-state index in [0.29, 0.717) is 0 Å². The topological polar surface area (TPSA) is 67.6 Å². The van der Waals surface area contributed by atoms with Gasteiger partial charge in [-0.25, -0.2) is 9.97 Å². The van der Waals surface area contributed by atoms with Gasteiger partial charge in [0.2, 0.25) is 0 Å². The Morgan fingerprint density at radius 2 is 2.33 bits per heavy atom. The lowest BCUT2D eigenvalue weighted by atomic mass is 10.2. The first-order chi connectivity index (χ1) is 8.72. The van der Waals surface area contributed by atoms with Crippen molar-refractivity contribution in [3.63, 3.8) is 0 Å².